The topological polar surface area (TPSA) is 41.1 Å². The largest absolute Gasteiger partial charge is 0.325 e. The van der Waals surface area contributed by atoms with E-state index in [9.17, 15) is 4.79 Å². The normalized spacial score (nSPS) is 27.9. The van der Waals surface area contributed by atoms with Crippen molar-refractivity contribution in [2.24, 2.45) is 5.92 Å². The van der Waals surface area contributed by atoms with Gasteiger partial charge < -0.3 is 10.6 Å². The number of hydrogen-bond donors (Lipinski definition) is 2. The average Bonchev–Trinajstić information content (AvgIpc) is 2.31. The maximum absolute atomic E-state index is 12.0. The number of nitrogens with one attached hydrogen (secondary N) is 2. The number of para-hydroxylation sites is 1. The first kappa shape index (κ1) is 9.85. The summed E-state index contributed by atoms with van der Waals surface area (Å²) in [7, 11) is 0. The quantitative estimate of drug-likeness (QED) is 0.692. The van der Waals surface area contributed by atoms with Crippen LogP contribution >= 0.6 is 0 Å². The van der Waals surface area contributed by atoms with Gasteiger partial charge in [0.15, 0.2) is 0 Å². The summed E-state index contributed by atoms with van der Waals surface area (Å²) in [5, 5.41) is 6.45. The third-order valence-electron chi connectivity index (χ3n) is 3.77. The Morgan fingerprint density at radius 2 is 2.19 bits per heavy atom. The fourth-order valence-corrected chi connectivity index (χ4v) is 2.89. The molecule has 1 saturated heterocycles. The fourth-order valence-electron chi connectivity index (χ4n) is 2.89. The lowest BCUT2D eigenvalue weighted by atomic mass is 9.77. The molecule has 0 saturated carbocycles. The standard InChI is InChI=1S/C13H16N2O/c1-8-3-2-4-9-11-7-14-6-5-10(11)13(16)15-12(8)9/h2-4,10-11,14H,5-7H2,1H3,(H,15,16). The van der Waals surface area contributed by atoms with Crippen molar-refractivity contribution in [2.45, 2.75) is 19.3 Å². The predicted octanol–water partition coefficient (Wildman–Crippen LogP) is 1.64. The maximum Gasteiger partial charge on any atom is 0.228 e. The third kappa shape index (κ3) is 1.35. The lowest BCUT2D eigenvalue weighted by Gasteiger charge is -2.37. The van der Waals surface area contributed by atoms with E-state index in [0.29, 0.717) is 5.92 Å². The number of rotatable bonds is 0. The Bertz CT molecular complexity index is 442. The molecule has 0 spiro atoms. The van der Waals surface area contributed by atoms with Gasteiger partial charge in [-0.15, -0.1) is 0 Å². The van der Waals surface area contributed by atoms with Gasteiger partial charge in [-0.2, -0.15) is 0 Å². The third-order valence-corrected chi connectivity index (χ3v) is 3.77. The Labute approximate surface area is 95.2 Å². The Morgan fingerprint density at radius 1 is 1.31 bits per heavy atom. The number of carbonyl (C=O) groups is 1. The number of piperidine rings is 1. The van der Waals surface area contributed by atoms with Crippen molar-refractivity contribution in [1.29, 1.82) is 0 Å². The molecule has 0 bridgehead atoms. The molecule has 0 aromatic heterocycles. The molecule has 16 heavy (non-hydrogen) atoms. The second-order valence-corrected chi connectivity index (χ2v) is 4.73. The predicted molar refractivity (Wildman–Crippen MR) is 63.5 cm³/mol. The molecule has 1 aromatic carbocycles. The minimum absolute atomic E-state index is 0.163. The van der Waals surface area contributed by atoms with Crippen LogP contribution < -0.4 is 10.6 Å². The summed E-state index contributed by atoms with van der Waals surface area (Å²) < 4.78 is 0. The molecule has 2 aliphatic rings. The molecule has 2 heterocycles. The van der Waals surface area contributed by atoms with E-state index in [4.69, 9.17) is 0 Å². The van der Waals surface area contributed by atoms with Crippen LogP contribution in [0.2, 0.25) is 0 Å². The van der Waals surface area contributed by atoms with Crippen LogP contribution in [-0.4, -0.2) is 19.0 Å². The van der Waals surface area contributed by atoms with Gasteiger partial charge in [0.2, 0.25) is 5.91 Å². The van der Waals surface area contributed by atoms with E-state index in [1.54, 1.807) is 0 Å². The fraction of sp³-hybridized carbons (Fsp3) is 0.462. The molecule has 0 aliphatic carbocycles. The van der Waals surface area contributed by atoms with E-state index in [-0.39, 0.29) is 11.8 Å². The number of hydrogen-bond acceptors (Lipinski definition) is 2. The Hall–Kier alpha value is -1.35. The maximum atomic E-state index is 12.0. The Morgan fingerprint density at radius 3 is 3.06 bits per heavy atom. The molecular formula is C13H16N2O. The molecule has 84 valence electrons. The van der Waals surface area contributed by atoms with Gasteiger partial charge in [0.25, 0.3) is 0 Å². The van der Waals surface area contributed by atoms with Crippen LogP contribution in [0.15, 0.2) is 18.2 Å². The van der Waals surface area contributed by atoms with Crippen molar-refractivity contribution < 1.29 is 4.79 Å². The molecule has 2 unspecified atom stereocenters. The summed E-state index contributed by atoms with van der Waals surface area (Å²) in [6.07, 6.45) is 0.948. The molecule has 2 N–H and O–H groups in total. The molecule has 1 fully saturated rings. The second-order valence-electron chi connectivity index (χ2n) is 4.73. The number of anilines is 1. The van der Waals surface area contributed by atoms with E-state index in [0.717, 1.165) is 30.8 Å². The van der Waals surface area contributed by atoms with Gasteiger partial charge in [-0.05, 0) is 31.0 Å². The van der Waals surface area contributed by atoms with Gasteiger partial charge in [0.05, 0.1) is 0 Å². The van der Waals surface area contributed by atoms with Crippen molar-refractivity contribution in [1.82, 2.24) is 5.32 Å². The van der Waals surface area contributed by atoms with Gasteiger partial charge in [0, 0.05) is 24.1 Å². The summed E-state index contributed by atoms with van der Waals surface area (Å²) >= 11 is 0. The van der Waals surface area contributed by atoms with Crippen LogP contribution in [0.1, 0.15) is 23.5 Å². The first-order valence-electron chi connectivity index (χ1n) is 5.88. The first-order valence-corrected chi connectivity index (χ1v) is 5.88. The zero-order valence-electron chi connectivity index (χ0n) is 9.42. The molecule has 2 atom stereocenters. The summed E-state index contributed by atoms with van der Waals surface area (Å²) in [5.74, 6) is 0.723. The van der Waals surface area contributed by atoms with E-state index >= 15 is 0 Å². The molecule has 2 aliphatic heterocycles. The highest BCUT2D eigenvalue weighted by Crippen LogP contribution is 2.39. The van der Waals surface area contributed by atoms with Crippen molar-refractivity contribution in [3.8, 4) is 0 Å². The highest BCUT2D eigenvalue weighted by Gasteiger charge is 2.37. The van der Waals surface area contributed by atoms with E-state index in [1.807, 2.05) is 0 Å². The van der Waals surface area contributed by atoms with E-state index in [1.165, 1.54) is 5.56 Å². The minimum atomic E-state index is 0.163. The molecule has 0 radical (unpaired) electrons. The molecule has 3 nitrogen and oxygen atoms in total. The van der Waals surface area contributed by atoms with Gasteiger partial charge >= 0.3 is 0 Å². The number of aryl methyl sites for hydroxylation is 1. The second kappa shape index (κ2) is 3.59. The van der Waals surface area contributed by atoms with Crippen molar-refractivity contribution in [2.75, 3.05) is 18.4 Å². The van der Waals surface area contributed by atoms with Crippen LogP contribution in [0.4, 0.5) is 5.69 Å². The van der Waals surface area contributed by atoms with Gasteiger partial charge in [-0.1, -0.05) is 18.2 Å². The smallest absolute Gasteiger partial charge is 0.228 e. The molecule has 3 heteroatoms. The number of fused-ring (bicyclic) bond motifs is 3. The lowest BCUT2D eigenvalue weighted by Crippen LogP contribution is -2.44. The van der Waals surface area contributed by atoms with Crippen LogP contribution in [0.3, 0.4) is 0 Å². The average molecular weight is 216 g/mol. The van der Waals surface area contributed by atoms with Crippen LogP contribution in [0, 0.1) is 12.8 Å². The summed E-state index contributed by atoms with van der Waals surface area (Å²) in [4.78, 5) is 12.0. The lowest BCUT2D eigenvalue weighted by molar-refractivity contribution is -0.121. The Kier molecular flexibility index (Phi) is 2.21. The summed E-state index contributed by atoms with van der Waals surface area (Å²) in [6.45, 7) is 3.93. The summed E-state index contributed by atoms with van der Waals surface area (Å²) in [5.41, 5.74) is 3.50. The summed E-state index contributed by atoms with van der Waals surface area (Å²) in [6, 6.07) is 6.28. The van der Waals surface area contributed by atoms with Gasteiger partial charge in [-0.3, -0.25) is 4.79 Å². The highest BCUT2D eigenvalue weighted by atomic mass is 16.2. The number of carbonyl (C=O) groups excluding carboxylic acids is 1. The number of amides is 1. The van der Waals surface area contributed by atoms with Crippen molar-refractivity contribution in [3.63, 3.8) is 0 Å². The minimum Gasteiger partial charge on any atom is -0.325 e. The van der Waals surface area contributed by atoms with Crippen LogP contribution in [0.25, 0.3) is 0 Å². The zero-order valence-corrected chi connectivity index (χ0v) is 9.42. The van der Waals surface area contributed by atoms with Gasteiger partial charge in [0.1, 0.15) is 0 Å². The van der Waals surface area contributed by atoms with E-state index in [2.05, 4.69) is 35.8 Å². The SMILES string of the molecule is Cc1cccc2c1NC(=O)C1CCNCC21. The highest BCUT2D eigenvalue weighted by molar-refractivity contribution is 5.97. The molecule has 3 rings (SSSR count). The van der Waals surface area contributed by atoms with Crippen molar-refractivity contribution in [3.05, 3.63) is 29.3 Å². The number of benzene rings is 1. The van der Waals surface area contributed by atoms with Crippen LogP contribution in [-0.2, 0) is 4.79 Å². The zero-order chi connectivity index (χ0) is 11.1. The van der Waals surface area contributed by atoms with E-state index < -0.39 is 0 Å². The Balaban J connectivity index is 2.10. The molecular weight excluding hydrogens is 200 g/mol. The monoisotopic (exact) mass is 216 g/mol. The molecule has 1 aromatic rings. The van der Waals surface area contributed by atoms with Crippen molar-refractivity contribution >= 4 is 11.6 Å². The van der Waals surface area contributed by atoms with Crippen LogP contribution in [0.5, 0.6) is 0 Å². The first-order chi connectivity index (χ1) is 7.77. The molecule has 1 amide bonds. The van der Waals surface area contributed by atoms with Gasteiger partial charge in [-0.25, -0.2) is 0 Å².